The number of piperidine rings is 1. The van der Waals surface area contributed by atoms with E-state index >= 15 is 0 Å². The molecule has 126 valence electrons. The van der Waals surface area contributed by atoms with Gasteiger partial charge in [0, 0.05) is 42.9 Å². The highest BCUT2D eigenvalue weighted by atomic mass is 32.1. The smallest absolute Gasteiger partial charge is 0.225 e. The van der Waals surface area contributed by atoms with Gasteiger partial charge in [-0.15, -0.1) is 0 Å². The number of thiophene rings is 1. The number of nitrogens with zero attached hydrogens (tertiary/aromatic N) is 3. The molecule has 2 aliphatic heterocycles. The van der Waals surface area contributed by atoms with Crippen LogP contribution in [0.3, 0.4) is 0 Å². The molecule has 2 aromatic rings. The summed E-state index contributed by atoms with van der Waals surface area (Å²) in [7, 11) is 0. The predicted octanol–water partition coefficient (Wildman–Crippen LogP) is 3.58. The Morgan fingerprint density at radius 3 is 2.79 bits per heavy atom. The van der Waals surface area contributed by atoms with Crippen LogP contribution in [0.15, 0.2) is 23.0 Å². The first-order valence-corrected chi connectivity index (χ1v) is 10.0. The summed E-state index contributed by atoms with van der Waals surface area (Å²) >= 11 is 1.74. The van der Waals surface area contributed by atoms with Crippen molar-refractivity contribution in [2.24, 2.45) is 11.3 Å². The molecule has 1 spiro atoms. The van der Waals surface area contributed by atoms with E-state index in [1.54, 1.807) is 11.3 Å². The lowest BCUT2D eigenvalue weighted by Crippen LogP contribution is -2.47. The minimum Gasteiger partial charge on any atom is -0.342 e. The van der Waals surface area contributed by atoms with Gasteiger partial charge in [-0.25, -0.2) is 4.98 Å². The molecule has 1 saturated carbocycles. The maximum absolute atomic E-state index is 12.3. The normalized spacial score (nSPS) is 22.6. The molecular weight excluding hydrogens is 318 g/mol. The van der Waals surface area contributed by atoms with Gasteiger partial charge in [-0.2, -0.15) is 11.3 Å². The number of carbonyl (C=O) groups excluding carboxylic acids is 1. The van der Waals surface area contributed by atoms with E-state index in [1.165, 1.54) is 23.5 Å². The second-order valence-corrected chi connectivity index (χ2v) is 8.54. The lowest BCUT2D eigenvalue weighted by atomic mass is 9.73. The molecule has 5 heteroatoms. The summed E-state index contributed by atoms with van der Waals surface area (Å²) in [6, 6.07) is 2.19. The zero-order valence-corrected chi connectivity index (χ0v) is 14.7. The molecule has 4 nitrogen and oxygen atoms in total. The number of hydrogen-bond donors (Lipinski definition) is 0. The number of aromatic nitrogens is 2. The molecule has 0 radical (unpaired) electrons. The lowest BCUT2D eigenvalue weighted by molar-refractivity contribution is -0.135. The minimum atomic E-state index is 0.357. The van der Waals surface area contributed by atoms with Crippen LogP contribution in [0.1, 0.15) is 37.9 Å². The zero-order chi connectivity index (χ0) is 16.1. The van der Waals surface area contributed by atoms with E-state index in [0.29, 0.717) is 17.2 Å². The summed E-state index contributed by atoms with van der Waals surface area (Å²) in [5.74, 6) is 2.01. The highest BCUT2D eigenvalue weighted by Crippen LogP contribution is 2.43. The third-order valence-corrected chi connectivity index (χ3v) is 6.87. The van der Waals surface area contributed by atoms with Crippen molar-refractivity contribution in [3.63, 3.8) is 0 Å². The van der Waals surface area contributed by atoms with E-state index in [-0.39, 0.29) is 0 Å². The van der Waals surface area contributed by atoms with Crippen LogP contribution in [0.4, 0.5) is 0 Å². The Kier molecular flexibility index (Phi) is 3.34. The van der Waals surface area contributed by atoms with Gasteiger partial charge in [0.25, 0.3) is 0 Å². The Morgan fingerprint density at radius 2 is 2.08 bits per heavy atom. The average molecular weight is 341 g/mol. The molecule has 24 heavy (non-hydrogen) atoms. The Balaban J connectivity index is 1.35. The van der Waals surface area contributed by atoms with Crippen LogP contribution < -0.4 is 0 Å². The van der Waals surface area contributed by atoms with Crippen molar-refractivity contribution in [3.05, 3.63) is 28.8 Å². The number of carbonyl (C=O) groups is 1. The van der Waals surface area contributed by atoms with Crippen molar-refractivity contribution >= 4 is 17.2 Å². The Hall–Kier alpha value is -1.62. The SMILES string of the molecule is O=C(C1CC1)N1CCC2(CCc3ncc(-c4ccsc4)n3C2)CC1. The van der Waals surface area contributed by atoms with E-state index < -0.39 is 0 Å². The maximum atomic E-state index is 12.3. The van der Waals surface area contributed by atoms with E-state index in [2.05, 4.69) is 31.3 Å². The number of aryl methyl sites for hydroxylation is 1. The predicted molar refractivity (Wildman–Crippen MR) is 94.8 cm³/mol. The van der Waals surface area contributed by atoms with E-state index in [9.17, 15) is 4.79 Å². The molecule has 4 heterocycles. The van der Waals surface area contributed by atoms with Crippen LogP contribution >= 0.6 is 11.3 Å². The molecule has 3 aliphatic rings. The standard InChI is InChI=1S/C19H23N3OS/c23-18(14-1-2-14)21-8-6-19(7-9-21)5-3-17-20-11-16(22(17)13-19)15-4-10-24-12-15/h4,10-12,14H,1-3,5-9,13H2. The number of rotatable bonds is 2. The van der Waals surface area contributed by atoms with Crippen molar-refractivity contribution in [3.8, 4) is 11.3 Å². The number of imidazole rings is 1. The lowest BCUT2D eigenvalue weighted by Gasteiger charge is -2.44. The molecular formula is C19H23N3OS. The van der Waals surface area contributed by atoms with Crippen molar-refractivity contribution in [1.82, 2.24) is 14.5 Å². The molecule has 0 bridgehead atoms. The van der Waals surface area contributed by atoms with Crippen LogP contribution in [-0.2, 0) is 17.8 Å². The summed E-state index contributed by atoms with van der Waals surface area (Å²) in [5.41, 5.74) is 2.91. The van der Waals surface area contributed by atoms with Crippen LogP contribution in [0.25, 0.3) is 11.3 Å². The Bertz CT molecular complexity index is 752. The van der Waals surface area contributed by atoms with Crippen molar-refractivity contribution in [1.29, 1.82) is 0 Å². The fraction of sp³-hybridized carbons (Fsp3) is 0.579. The van der Waals surface area contributed by atoms with Crippen LogP contribution in [0.5, 0.6) is 0 Å². The largest absolute Gasteiger partial charge is 0.342 e. The van der Waals surface area contributed by atoms with Gasteiger partial charge in [-0.1, -0.05) is 0 Å². The van der Waals surface area contributed by atoms with E-state index in [0.717, 1.165) is 51.7 Å². The van der Waals surface area contributed by atoms with Crippen molar-refractivity contribution in [2.45, 2.75) is 45.1 Å². The topological polar surface area (TPSA) is 38.1 Å². The van der Waals surface area contributed by atoms with Gasteiger partial charge in [0.2, 0.25) is 5.91 Å². The van der Waals surface area contributed by atoms with Gasteiger partial charge >= 0.3 is 0 Å². The summed E-state index contributed by atoms with van der Waals surface area (Å²) in [5, 5.41) is 4.35. The molecule has 1 amide bonds. The van der Waals surface area contributed by atoms with Crippen LogP contribution in [0, 0.1) is 11.3 Å². The minimum absolute atomic E-state index is 0.357. The summed E-state index contributed by atoms with van der Waals surface area (Å²) < 4.78 is 2.45. The first-order chi connectivity index (χ1) is 11.7. The molecule has 2 aromatic heterocycles. The number of likely N-dealkylation sites (tertiary alicyclic amines) is 1. The summed E-state index contributed by atoms with van der Waals surface area (Å²) in [6.07, 6.45) is 8.85. The van der Waals surface area contributed by atoms with Crippen molar-refractivity contribution < 1.29 is 4.79 Å². The van der Waals surface area contributed by atoms with Crippen LogP contribution in [-0.4, -0.2) is 33.4 Å². The Labute approximate surface area is 146 Å². The third kappa shape index (κ3) is 2.41. The summed E-state index contributed by atoms with van der Waals surface area (Å²) in [6.45, 7) is 2.97. The molecule has 1 aliphatic carbocycles. The van der Waals surface area contributed by atoms with Crippen LogP contribution in [0.2, 0.25) is 0 Å². The summed E-state index contributed by atoms with van der Waals surface area (Å²) in [4.78, 5) is 19.1. The zero-order valence-electron chi connectivity index (χ0n) is 13.9. The van der Waals surface area contributed by atoms with Gasteiger partial charge in [0.1, 0.15) is 5.82 Å². The molecule has 0 atom stereocenters. The fourth-order valence-electron chi connectivity index (χ4n) is 4.42. The van der Waals surface area contributed by atoms with Gasteiger partial charge in [-0.3, -0.25) is 4.79 Å². The molecule has 1 saturated heterocycles. The maximum Gasteiger partial charge on any atom is 0.225 e. The van der Waals surface area contributed by atoms with Gasteiger partial charge < -0.3 is 9.47 Å². The molecule has 0 unspecified atom stereocenters. The second-order valence-electron chi connectivity index (χ2n) is 7.76. The highest BCUT2D eigenvalue weighted by Gasteiger charge is 2.42. The van der Waals surface area contributed by atoms with E-state index in [1.807, 2.05) is 6.20 Å². The fourth-order valence-corrected chi connectivity index (χ4v) is 5.07. The first-order valence-electron chi connectivity index (χ1n) is 9.10. The molecule has 0 N–H and O–H groups in total. The first kappa shape index (κ1) is 14.7. The van der Waals surface area contributed by atoms with Gasteiger partial charge in [0.15, 0.2) is 0 Å². The molecule has 2 fully saturated rings. The average Bonchev–Trinajstić information content (AvgIpc) is 3.16. The monoisotopic (exact) mass is 341 g/mol. The van der Waals surface area contributed by atoms with Gasteiger partial charge in [-0.05, 0) is 49.0 Å². The number of hydrogen-bond acceptors (Lipinski definition) is 3. The Morgan fingerprint density at radius 1 is 1.25 bits per heavy atom. The third-order valence-electron chi connectivity index (χ3n) is 6.19. The second kappa shape index (κ2) is 5.45. The number of amides is 1. The highest BCUT2D eigenvalue weighted by molar-refractivity contribution is 7.08. The van der Waals surface area contributed by atoms with Crippen molar-refractivity contribution in [2.75, 3.05) is 13.1 Å². The van der Waals surface area contributed by atoms with E-state index in [4.69, 9.17) is 0 Å². The molecule has 0 aromatic carbocycles. The molecule has 5 rings (SSSR count). The number of fused-ring (bicyclic) bond motifs is 1. The quantitative estimate of drug-likeness (QED) is 0.837. The van der Waals surface area contributed by atoms with Gasteiger partial charge in [0.05, 0.1) is 11.9 Å².